The second kappa shape index (κ2) is 13.4. The van der Waals surface area contributed by atoms with Gasteiger partial charge in [-0.15, -0.1) is 0 Å². The molecule has 0 saturated heterocycles. The number of ether oxygens (including phenoxy) is 3. The predicted octanol–water partition coefficient (Wildman–Crippen LogP) is 1.66. The maximum atomic E-state index is 12.2. The highest BCUT2D eigenvalue weighted by molar-refractivity contribution is 5.95. The average molecular weight is 469 g/mol. The summed E-state index contributed by atoms with van der Waals surface area (Å²) < 4.78 is 14.8. The molecule has 0 aliphatic carbocycles. The molecule has 2 N–H and O–H groups in total. The second-order valence-corrected chi connectivity index (χ2v) is 7.28. The first kappa shape index (κ1) is 26.1. The maximum Gasteiger partial charge on any atom is 0.328 e. The third-order valence-electron chi connectivity index (χ3n) is 4.70. The van der Waals surface area contributed by atoms with Crippen molar-refractivity contribution in [2.75, 3.05) is 20.8 Å². The Kier molecular flexibility index (Phi) is 10.3. The summed E-state index contributed by atoms with van der Waals surface area (Å²) in [5.41, 5.74) is 1.60. The van der Waals surface area contributed by atoms with Crippen LogP contribution < -0.4 is 15.4 Å². The van der Waals surface area contributed by atoms with E-state index in [4.69, 9.17) is 14.2 Å². The monoisotopic (exact) mass is 468 g/mol. The van der Waals surface area contributed by atoms with Crippen molar-refractivity contribution in [1.82, 2.24) is 10.6 Å². The molecule has 0 bridgehead atoms. The van der Waals surface area contributed by atoms with E-state index in [0.29, 0.717) is 5.75 Å². The summed E-state index contributed by atoms with van der Waals surface area (Å²) in [5.74, 6) is -1.89. The number of benzene rings is 2. The molecule has 0 saturated carbocycles. The van der Waals surface area contributed by atoms with Crippen LogP contribution in [0, 0.1) is 0 Å². The second-order valence-electron chi connectivity index (χ2n) is 7.28. The molecular weight excluding hydrogens is 440 g/mol. The van der Waals surface area contributed by atoms with Crippen molar-refractivity contribution in [3.8, 4) is 5.75 Å². The van der Waals surface area contributed by atoms with Crippen molar-refractivity contribution in [3.05, 3.63) is 71.8 Å². The van der Waals surface area contributed by atoms with Gasteiger partial charge in [-0.3, -0.25) is 9.59 Å². The maximum absolute atomic E-state index is 12.2. The Balaban J connectivity index is 1.80. The first-order chi connectivity index (χ1) is 16.3. The zero-order chi connectivity index (χ0) is 24.9. The van der Waals surface area contributed by atoms with Crippen molar-refractivity contribution in [3.63, 3.8) is 0 Å². The number of esters is 2. The van der Waals surface area contributed by atoms with Gasteiger partial charge in [0.25, 0.3) is 5.91 Å². The number of hydrogen-bond acceptors (Lipinski definition) is 7. The first-order valence-electron chi connectivity index (χ1n) is 10.5. The summed E-state index contributed by atoms with van der Waals surface area (Å²) in [5, 5.41) is 4.97. The molecule has 1 unspecified atom stereocenters. The number of rotatable bonds is 11. The van der Waals surface area contributed by atoms with Crippen LogP contribution in [-0.4, -0.2) is 56.7 Å². The molecule has 34 heavy (non-hydrogen) atoms. The number of amides is 2. The zero-order valence-corrected chi connectivity index (χ0v) is 19.3. The number of methoxy groups -OCH3 is 2. The lowest BCUT2D eigenvalue weighted by molar-refractivity contribution is -0.152. The largest absolute Gasteiger partial charge is 0.497 e. The van der Waals surface area contributed by atoms with Gasteiger partial charge in [-0.05, 0) is 36.3 Å². The van der Waals surface area contributed by atoms with E-state index < -0.39 is 42.4 Å². The predicted molar refractivity (Wildman–Crippen MR) is 125 cm³/mol. The van der Waals surface area contributed by atoms with Crippen LogP contribution in [0.25, 0.3) is 6.08 Å². The molecule has 9 heteroatoms. The number of carbonyl (C=O) groups excluding carboxylic acids is 4. The Morgan fingerprint density at radius 1 is 0.912 bits per heavy atom. The minimum atomic E-state index is -0.985. The van der Waals surface area contributed by atoms with Crippen LogP contribution in [0.5, 0.6) is 5.75 Å². The van der Waals surface area contributed by atoms with E-state index in [1.54, 1.807) is 37.5 Å². The molecule has 0 fully saturated rings. The van der Waals surface area contributed by atoms with E-state index in [-0.39, 0.29) is 6.42 Å². The zero-order valence-electron chi connectivity index (χ0n) is 19.3. The highest BCUT2D eigenvalue weighted by atomic mass is 16.5. The highest BCUT2D eigenvalue weighted by Gasteiger charge is 2.23. The van der Waals surface area contributed by atoms with Crippen molar-refractivity contribution in [1.29, 1.82) is 0 Å². The van der Waals surface area contributed by atoms with Crippen LogP contribution in [0.2, 0.25) is 0 Å². The molecule has 0 aromatic heterocycles. The SMILES string of the molecule is COC(=O)C(Cc1ccccc1)NC(=O)COC(=O)[C@H](C)NC(=O)/C=C/c1ccc(OC)cc1. The summed E-state index contributed by atoms with van der Waals surface area (Å²) >= 11 is 0. The number of hydrogen-bond donors (Lipinski definition) is 2. The van der Waals surface area contributed by atoms with E-state index in [0.717, 1.165) is 11.1 Å². The molecule has 0 aliphatic heterocycles. The van der Waals surface area contributed by atoms with Gasteiger partial charge in [0.05, 0.1) is 14.2 Å². The minimum Gasteiger partial charge on any atom is -0.497 e. The van der Waals surface area contributed by atoms with Gasteiger partial charge in [0, 0.05) is 12.5 Å². The molecule has 2 atom stereocenters. The lowest BCUT2D eigenvalue weighted by atomic mass is 10.1. The van der Waals surface area contributed by atoms with Crippen molar-refractivity contribution >= 4 is 29.8 Å². The fourth-order valence-corrected chi connectivity index (χ4v) is 2.89. The Bertz CT molecular complexity index is 1000. The molecule has 0 spiro atoms. The lowest BCUT2D eigenvalue weighted by Gasteiger charge is -2.17. The number of carbonyl (C=O) groups is 4. The van der Waals surface area contributed by atoms with Crippen LogP contribution in [0.15, 0.2) is 60.7 Å². The third-order valence-corrected chi connectivity index (χ3v) is 4.70. The quantitative estimate of drug-likeness (QED) is 0.380. The molecule has 2 aromatic carbocycles. The van der Waals surface area contributed by atoms with E-state index in [1.165, 1.54) is 20.1 Å². The molecule has 2 rings (SSSR count). The Morgan fingerprint density at radius 3 is 2.21 bits per heavy atom. The molecule has 180 valence electrons. The fourth-order valence-electron chi connectivity index (χ4n) is 2.89. The molecular formula is C25H28N2O7. The molecule has 0 heterocycles. The van der Waals surface area contributed by atoms with E-state index in [1.807, 2.05) is 30.3 Å². The molecule has 2 amide bonds. The summed E-state index contributed by atoms with van der Waals surface area (Å²) in [6.45, 7) is 0.828. The van der Waals surface area contributed by atoms with Crippen molar-refractivity contribution in [2.24, 2.45) is 0 Å². The summed E-state index contributed by atoms with van der Waals surface area (Å²) in [6, 6.07) is 14.2. The van der Waals surface area contributed by atoms with Gasteiger partial charge in [-0.25, -0.2) is 9.59 Å². The van der Waals surface area contributed by atoms with Crippen LogP contribution in [-0.2, 0) is 35.1 Å². The van der Waals surface area contributed by atoms with Crippen LogP contribution in [0.4, 0.5) is 0 Å². The van der Waals surface area contributed by atoms with Gasteiger partial charge < -0.3 is 24.8 Å². The first-order valence-corrected chi connectivity index (χ1v) is 10.5. The highest BCUT2D eigenvalue weighted by Crippen LogP contribution is 2.12. The van der Waals surface area contributed by atoms with Crippen LogP contribution in [0.1, 0.15) is 18.1 Å². The molecule has 0 aliphatic rings. The Hall–Kier alpha value is -4.14. The summed E-state index contributed by atoms with van der Waals surface area (Å²) in [4.78, 5) is 48.4. The minimum absolute atomic E-state index is 0.222. The molecule has 9 nitrogen and oxygen atoms in total. The van der Waals surface area contributed by atoms with Gasteiger partial charge in [0.15, 0.2) is 6.61 Å². The van der Waals surface area contributed by atoms with Gasteiger partial charge in [0.1, 0.15) is 17.8 Å². The van der Waals surface area contributed by atoms with Gasteiger partial charge in [-0.2, -0.15) is 0 Å². The smallest absolute Gasteiger partial charge is 0.328 e. The number of nitrogens with one attached hydrogen (secondary N) is 2. The van der Waals surface area contributed by atoms with Crippen LogP contribution in [0.3, 0.4) is 0 Å². The molecule has 0 radical (unpaired) electrons. The van der Waals surface area contributed by atoms with Gasteiger partial charge >= 0.3 is 11.9 Å². The van der Waals surface area contributed by atoms with Gasteiger partial charge in [0.2, 0.25) is 5.91 Å². The lowest BCUT2D eigenvalue weighted by Crippen LogP contribution is -2.45. The van der Waals surface area contributed by atoms with E-state index in [2.05, 4.69) is 10.6 Å². The van der Waals surface area contributed by atoms with Gasteiger partial charge in [-0.1, -0.05) is 42.5 Å². The average Bonchev–Trinajstić information content (AvgIpc) is 2.86. The standard InChI is InChI=1S/C25H28N2O7/c1-17(26-22(28)14-11-18-9-12-20(32-2)13-10-18)24(30)34-16-23(29)27-21(25(31)33-3)15-19-7-5-4-6-8-19/h4-14,17,21H,15-16H2,1-3H3,(H,26,28)(H,27,29)/b14-11+/t17-,21?/m0/s1. The topological polar surface area (TPSA) is 120 Å². The Morgan fingerprint density at radius 2 is 1.59 bits per heavy atom. The van der Waals surface area contributed by atoms with E-state index >= 15 is 0 Å². The molecule has 2 aromatic rings. The van der Waals surface area contributed by atoms with Crippen molar-refractivity contribution < 1.29 is 33.4 Å². The van der Waals surface area contributed by atoms with Crippen LogP contribution >= 0.6 is 0 Å². The third kappa shape index (κ3) is 8.78. The summed E-state index contributed by atoms with van der Waals surface area (Å²) in [7, 11) is 2.78. The Labute approximate surface area is 198 Å². The van der Waals surface area contributed by atoms with E-state index in [9.17, 15) is 19.2 Å². The fraction of sp³-hybridized carbons (Fsp3) is 0.280. The van der Waals surface area contributed by atoms with Crippen molar-refractivity contribution in [2.45, 2.75) is 25.4 Å². The summed E-state index contributed by atoms with van der Waals surface area (Å²) in [6.07, 6.45) is 3.09. The normalized spacial score (nSPS) is 12.3.